The third kappa shape index (κ3) is 5.35. The number of rotatable bonds is 8. The third-order valence-corrected chi connectivity index (χ3v) is 2.99. The molecule has 2 N–H and O–H groups in total. The van der Waals surface area contributed by atoms with Crippen molar-refractivity contribution in [3.63, 3.8) is 0 Å². The Morgan fingerprint density at radius 2 is 1.94 bits per heavy atom. The largest absolute Gasteiger partial charge is 0.507 e. The molecule has 0 bridgehead atoms. The normalized spacial score (nSPS) is 11.1. The molecule has 1 aromatic carbocycles. The Morgan fingerprint density at radius 1 is 1.28 bits per heavy atom. The van der Waals surface area contributed by atoms with Crippen molar-refractivity contribution < 1.29 is 14.6 Å². The van der Waals surface area contributed by atoms with E-state index in [4.69, 9.17) is 9.47 Å². The minimum Gasteiger partial charge on any atom is -0.507 e. The van der Waals surface area contributed by atoms with Crippen LogP contribution in [0.2, 0.25) is 0 Å². The van der Waals surface area contributed by atoms with Gasteiger partial charge in [-0.05, 0) is 47.5 Å². The van der Waals surface area contributed by atoms with Gasteiger partial charge in [0.05, 0.1) is 4.47 Å². The Hall–Kier alpha value is -0.620. The first kappa shape index (κ1) is 15.4. The molecular weight excluding hydrogens is 298 g/mol. The number of hydrogen-bond acceptors (Lipinski definition) is 4. The van der Waals surface area contributed by atoms with Crippen LogP contribution in [0.3, 0.4) is 0 Å². The fourth-order valence-electron chi connectivity index (χ4n) is 1.53. The Balaban J connectivity index is 2.37. The van der Waals surface area contributed by atoms with Crippen LogP contribution in [-0.2, 0) is 16.0 Å². The zero-order chi connectivity index (χ0) is 13.4. The number of ether oxygens (including phenoxy) is 2. The van der Waals surface area contributed by atoms with E-state index in [1.807, 2.05) is 26.0 Å². The summed E-state index contributed by atoms with van der Waals surface area (Å²) in [5.41, 5.74) is 1.09. The molecule has 0 heterocycles. The lowest BCUT2D eigenvalue weighted by molar-refractivity contribution is -0.133. The molecule has 1 rings (SSSR count). The number of hydrogen-bond donors (Lipinski definition) is 2. The summed E-state index contributed by atoms with van der Waals surface area (Å²) in [6, 6.07) is 5.44. The summed E-state index contributed by atoms with van der Waals surface area (Å²) in [5.74, 6) is 0.250. The molecule has 102 valence electrons. The van der Waals surface area contributed by atoms with E-state index in [1.165, 1.54) is 0 Å². The van der Waals surface area contributed by atoms with E-state index in [2.05, 4.69) is 21.2 Å². The number of halogens is 1. The van der Waals surface area contributed by atoms with Gasteiger partial charge in [0.1, 0.15) is 5.75 Å². The standard InChI is InChI=1S/C13H20BrNO3/c1-3-17-13(18-4-2)9-15-8-10-5-6-12(16)11(14)7-10/h5-7,13,15-16H,3-4,8-9H2,1-2H3. The van der Waals surface area contributed by atoms with E-state index < -0.39 is 0 Å². The van der Waals surface area contributed by atoms with Gasteiger partial charge in [0, 0.05) is 26.3 Å². The van der Waals surface area contributed by atoms with Gasteiger partial charge >= 0.3 is 0 Å². The molecule has 0 aliphatic carbocycles. The van der Waals surface area contributed by atoms with Gasteiger partial charge in [-0.25, -0.2) is 0 Å². The van der Waals surface area contributed by atoms with Gasteiger partial charge in [-0.1, -0.05) is 6.07 Å². The van der Waals surface area contributed by atoms with Crippen molar-refractivity contribution in [2.24, 2.45) is 0 Å². The van der Waals surface area contributed by atoms with Crippen LogP contribution in [0, 0.1) is 0 Å². The predicted octanol–water partition coefficient (Wildman–Crippen LogP) is 2.64. The molecule has 0 atom stereocenters. The molecule has 0 radical (unpaired) electrons. The Kier molecular flexibility index (Phi) is 7.27. The topological polar surface area (TPSA) is 50.7 Å². The van der Waals surface area contributed by atoms with Crippen LogP contribution in [0.1, 0.15) is 19.4 Å². The van der Waals surface area contributed by atoms with Gasteiger partial charge in [-0.3, -0.25) is 0 Å². The summed E-state index contributed by atoms with van der Waals surface area (Å²) in [6.45, 7) is 6.51. The first-order valence-corrected chi connectivity index (χ1v) is 6.88. The van der Waals surface area contributed by atoms with Crippen molar-refractivity contribution in [1.82, 2.24) is 5.32 Å². The van der Waals surface area contributed by atoms with Crippen molar-refractivity contribution in [1.29, 1.82) is 0 Å². The second-order valence-electron chi connectivity index (χ2n) is 3.76. The molecule has 4 nitrogen and oxygen atoms in total. The molecule has 0 aliphatic rings. The number of benzene rings is 1. The van der Waals surface area contributed by atoms with Gasteiger partial charge in [0.2, 0.25) is 0 Å². The molecule has 0 saturated carbocycles. The van der Waals surface area contributed by atoms with Crippen molar-refractivity contribution >= 4 is 15.9 Å². The van der Waals surface area contributed by atoms with E-state index in [0.29, 0.717) is 30.8 Å². The van der Waals surface area contributed by atoms with Crippen molar-refractivity contribution in [3.05, 3.63) is 28.2 Å². The highest BCUT2D eigenvalue weighted by atomic mass is 79.9. The lowest BCUT2D eigenvalue weighted by Crippen LogP contribution is -2.31. The molecule has 0 spiro atoms. The maximum atomic E-state index is 9.39. The monoisotopic (exact) mass is 317 g/mol. The van der Waals surface area contributed by atoms with Crippen LogP contribution in [0.5, 0.6) is 5.75 Å². The van der Waals surface area contributed by atoms with Crippen LogP contribution in [0.15, 0.2) is 22.7 Å². The average molecular weight is 318 g/mol. The number of nitrogens with one attached hydrogen (secondary N) is 1. The van der Waals surface area contributed by atoms with E-state index in [-0.39, 0.29) is 12.0 Å². The molecule has 0 aromatic heterocycles. The Bertz CT molecular complexity index is 354. The summed E-state index contributed by atoms with van der Waals surface area (Å²) in [5, 5.41) is 12.7. The Morgan fingerprint density at radius 3 is 2.50 bits per heavy atom. The quantitative estimate of drug-likeness (QED) is 0.724. The molecule has 18 heavy (non-hydrogen) atoms. The lowest BCUT2D eigenvalue weighted by atomic mass is 10.2. The number of phenols is 1. The van der Waals surface area contributed by atoms with Crippen LogP contribution in [0.4, 0.5) is 0 Å². The number of aromatic hydroxyl groups is 1. The number of phenolic OH excluding ortho intramolecular Hbond substituents is 1. The molecule has 1 aromatic rings. The molecule has 0 aliphatic heterocycles. The summed E-state index contributed by atoms with van der Waals surface area (Å²) in [7, 11) is 0. The molecule has 0 unspecified atom stereocenters. The van der Waals surface area contributed by atoms with Gasteiger partial charge < -0.3 is 19.9 Å². The lowest BCUT2D eigenvalue weighted by Gasteiger charge is -2.17. The van der Waals surface area contributed by atoms with Crippen LogP contribution in [0.25, 0.3) is 0 Å². The highest BCUT2D eigenvalue weighted by Crippen LogP contribution is 2.24. The fourth-order valence-corrected chi connectivity index (χ4v) is 1.96. The third-order valence-electron chi connectivity index (χ3n) is 2.36. The maximum absolute atomic E-state index is 9.39. The zero-order valence-electron chi connectivity index (χ0n) is 10.8. The summed E-state index contributed by atoms with van der Waals surface area (Å²) < 4.78 is 11.6. The molecule has 0 saturated heterocycles. The second-order valence-corrected chi connectivity index (χ2v) is 4.61. The minimum absolute atomic E-state index is 0.208. The van der Waals surface area contributed by atoms with Crippen LogP contribution >= 0.6 is 15.9 Å². The van der Waals surface area contributed by atoms with Gasteiger partial charge in [0.25, 0.3) is 0 Å². The van der Waals surface area contributed by atoms with Crippen LogP contribution in [-0.4, -0.2) is 31.2 Å². The fraction of sp³-hybridized carbons (Fsp3) is 0.538. The average Bonchev–Trinajstić information content (AvgIpc) is 2.34. The second kappa shape index (κ2) is 8.48. The first-order chi connectivity index (χ1) is 8.67. The minimum atomic E-state index is -0.208. The van der Waals surface area contributed by atoms with E-state index in [0.717, 1.165) is 5.56 Å². The molecule has 5 heteroatoms. The highest BCUT2D eigenvalue weighted by molar-refractivity contribution is 9.10. The first-order valence-electron chi connectivity index (χ1n) is 6.08. The molecular formula is C13H20BrNO3. The zero-order valence-corrected chi connectivity index (χ0v) is 12.4. The van der Waals surface area contributed by atoms with Gasteiger partial charge in [-0.15, -0.1) is 0 Å². The van der Waals surface area contributed by atoms with Gasteiger partial charge in [-0.2, -0.15) is 0 Å². The van der Waals surface area contributed by atoms with Crippen LogP contribution < -0.4 is 5.32 Å². The molecule has 0 amide bonds. The van der Waals surface area contributed by atoms with Crippen molar-refractivity contribution in [3.8, 4) is 5.75 Å². The van der Waals surface area contributed by atoms with E-state index >= 15 is 0 Å². The molecule has 0 fully saturated rings. The maximum Gasteiger partial charge on any atom is 0.169 e. The SMILES string of the molecule is CCOC(CNCc1ccc(O)c(Br)c1)OCC. The summed E-state index contributed by atoms with van der Waals surface area (Å²) >= 11 is 3.29. The van der Waals surface area contributed by atoms with Crippen molar-refractivity contribution in [2.75, 3.05) is 19.8 Å². The summed E-state index contributed by atoms with van der Waals surface area (Å²) in [4.78, 5) is 0. The predicted molar refractivity (Wildman–Crippen MR) is 74.6 cm³/mol. The smallest absolute Gasteiger partial charge is 0.169 e. The highest BCUT2D eigenvalue weighted by Gasteiger charge is 2.07. The Labute approximate surface area is 116 Å². The van der Waals surface area contributed by atoms with E-state index in [1.54, 1.807) is 6.07 Å². The van der Waals surface area contributed by atoms with Crippen molar-refractivity contribution in [2.45, 2.75) is 26.7 Å². The summed E-state index contributed by atoms with van der Waals surface area (Å²) in [6.07, 6.45) is -0.208. The van der Waals surface area contributed by atoms with E-state index in [9.17, 15) is 5.11 Å². The van der Waals surface area contributed by atoms with Gasteiger partial charge in [0.15, 0.2) is 6.29 Å².